The molecule has 0 spiro atoms. The van der Waals surface area contributed by atoms with Gasteiger partial charge < -0.3 is 5.32 Å². The molecule has 0 atom stereocenters. The van der Waals surface area contributed by atoms with Gasteiger partial charge in [-0.3, -0.25) is 4.79 Å². The number of rotatable bonds is 2. The van der Waals surface area contributed by atoms with Gasteiger partial charge >= 0.3 is 0 Å². The van der Waals surface area contributed by atoms with Crippen molar-refractivity contribution in [3.8, 4) is 0 Å². The fraction of sp³-hybridized carbons (Fsp3) is 0. The van der Waals surface area contributed by atoms with Gasteiger partial charge in [-0.05, 0) is 36.4 Å². The molecular weight excluding hydrogens is 328 g/mol. The highest BCUT2D eigenvalue weighted by molar-refractivity contribution is 6.36. The van der Waals surface area contributed by atoms with E-state index in [1.807, 2.05) is 0 Å². The van der Waals surface area contributed by atoms with Crippen molar-refractivity contribution in [3.05, 3.63) is 62.1 Å². The van der Waals surface area contributed by atoms with E-state index < -0.39 is 0 Å². The molecule has 0 aliphatic rings. The van der Waals surface area contributed by atoms with E-state index in [-0.39, 0.29) is 5.91 Å². The lowest BCUT2D eigenvalue weighted by atomic mass is 10.2. The summed E-state index contributed by atoms with van der Waals surface area (Å²) in [6, 6.07) is 9.37. The summed E-state index contributed by atoms with van der Waals surface area (Å²) in [6.07, 6.45) is 0. The molecule has 2 rings (SSSR count). The Morgan fingerprint density at radius 1 is 0.737 bits per heavy atom. The first-order chi connectivity index (χ1) is 8.94. The topological polar surface area (TPSA) is 29.1 Å². The molecule has 0 radical (unpaired) electrons. The molecule has 1 N–H and O–H groups in total. The van der Waals surface area contributed by atoms with E-state index in [1.165, 1.54) is 12.1 Å². The number of carbonyl (C=O) groups excluding carboxylic acids is 1. The molecule has 0 bridgehead atoms. The molecule has 0 unspecified atom stereocenters. The number of nitrogens with one attached hydrogen (secondary N) is 1. The van der Waals surface area contributed by atoms with Gasteiger partial charge in [0.2, 0.25) is 0 Å². The molecule has 0 saturated heterocycles. The molecule has 2 aromatic carbocycles. The molecule has 0 aliphatic heterocycles. The number of halogens is 4. The van der Waals surface area contributed by atoms with Crippen LogP contribution in [0.25, 0.3) is 0 Å². The molecule has 0 heterocycles. The van der Waals surface area contributed by atoms with Crippen LogP contribution in [0.2, 0.25) is 20.1 Å². The van der Waals surface area contributed by atoms with Crippen molar-refractivity contribution >= 4 is 58.0 Å². The minimum Gasteiger partial charge on any atom is -0.322 e. The SMILES string of the molecule is O=C(Nc1cc(Cl)cc(Cl)c1)c1cc(Cl)cc(Cl)c1. The number of anilines is 1. The standard InChI is InChI=1S/C13H7Cl4NO/c14-8-1-7(2-9(15)3-8)13(19)18-12-5-10(16)4-11(17)6-12/h1-6H,(H,18,19). The lowest BCUT2D eigenvalue weighted by molar-refractivity contribution is 0.102. The Bertz CT molecular complexity index is 602. The van der Waals surface area contributed by atoms with Gasteiger partial charge in [0.25, 0.3) is 5.91 Å². The molecule has 0 saturated carbocycles. The van der Waals surface area contributed by atoms with E-state index in [9.17, 15) is 4.79 Å². The van der Waals surface area contributed by atoms with Crippen LogP contribution in [0.15, 0.2) is 36.4 Å². The molecule has 98 valence electrons. The molecule has 19 heavy (non-hydrogen) atoms. The maximum atomic E-state index is 12.0. The summed E-state index contributed by atoms with van der Waals surface area (Å²) in [6.45, 7) is 0. The first-order valence-corrected chi connectivity index (χ1v) is 6.69. The van der Waals surface area contributed by atoms with Crippen molar-refractivity contribution in [1.29, 1.82) is 0 Å². The zero-order chi connectivity index (χ0) is 14.0. The quantitative estimate of drug-likeness (QED) is 0.766. The smallest absolute Gasteiger partial charge is 0.255 e. The molecule has 2 nitrogen and oxygen atoms in total. The van der Waals surface area contributed by atoms with Gasteiger partial charge in [-0.25, -0.2) is 0 Å². The second-order valence-corrected chi connectivity index (χ2v) is 5.52. The van der Waals surface area contributed by atoms with Crippen molar-refractivity contribution < 1.29 is 4.79 Å². The van der Waals surface area contributed by atoms with Crippen LogP contribution < -0.4 is 5.32 Å². The molecule has 1 amide bonds. The highest BCUT2D eigenvalue weighted by Crippen LogP contribution is 2.24. The van der Waals surface area contributed by atoms with Crippen LogP contribution in [0.3, 0.4) is 0 Å². The largest absolute Gasteiger partial charge is 0.322 e. The average Bonchev–Trinajstić information content (AvgIpc) is 2.25. The van der Waals surface area contributed by atoms with Gasteiger partial charge in [-0.15, -0.1) is 0 Å². The van der Waals surface area contributed by atoms with E-state index in [0.29, 0.717) is 31.3 Å². The van der Waals surface area contributed by atoms with E-state index in [4.69, 9.17) is 46.4 Å². The summed E-state index contributed by atoms with van der Waals surface area (Å²) in [7, 11) is 0. The highest BCUT2D eigenvalue weighted by Gasteiger charge is 2.09. The first kappa shape index (κ1) is 14.5. The van der Waals surface area contributed by atoms with Gasteiger partial charge in [0, 0.05) is 31.3 Å². The summed E-state index contributed by atoms with van der Waals surface area (Å²) in [5.41, 5.74) is 0.854. The normalized spacial score (nSPS) is 10.3. The minimum absolute atomic E-state index is 0.345. The molecule has 0 fully saturated rings. The number of carbonyl (C=O) groups is 1. The van der Waals surface area contributed by atoms with Gasteiger partial charge in [-0.2, -0.15) is 0 Å². The van der Waals surface area contributed by atoms with Gasteiger partial charge in [0.15, 0.2) is 0 Å². The van der Waals surface area contributed by atoms with Crippen LogP contribution >= 0.6 is 46.4 Å². The summed E-state index contributed by atoms with van der Waals surface area (Å²) in [5, 5.41) is 4.32. The van der Waals surface area contributed by atoms with Crippen LogP contribution in [-0.4, -0.2) is 5.91 Å². The Morgan fingerprint density at radius 2 is 1.16 bits per heavy atom. The summed E-state index contributed by atoms with van der Waals surface area (Å²) >= 11 is 23.4. The molecule has 0 aliphatic carbocycles. The van der Waals surface area contributed by atoms with Crippen LogP contribution in [0.1, 0.15) is 10.4 Å². The lowest BCUT2D eigenvalue weighted by Crippen LogP contribution is -2.11. The fourth-order valence-corrected chi connectivity index (χ4v) is 2.57. The van der Waals surface area contributed by atoms with Crippen molar-refractivity contribution in [1.82, 2.24) is 0 Å². The van der Waals surface area contributed by atoms with Crippen LogP contribution in [0.5, 0.6) is 0 Å². The molecule has 2 aromatic rings. The number of hydrogen-bond donors (Lipinski definition) is 1. The predicted octanol–water partition coefficient (Wildman–Crippen LogP) is 5.55. The van der Waals surface area contributed by atoms with Crippen molar-refractivity contribution in [2.75, 3.05) is 5.32 Å². The summed E-state index contributed by atoms with van der Waals surface area (Å²) < 4.78 is 0. The van der Waals surface area contributed by atoms with Crippen molar-refractivity contribution in [2.24, 2.45) is 0 Å². The first-order valence-electron chi connectivity index (χ1n) is 5.17. The Balaban J connectivity index is 2.25. The monoisotopic (exact) mass is 333 g/mol. The van der Waals surface area contributed by atoms with Crippen molar-refractivity contribution in [2.45, 2.75) is 0 Å². The third kappa shape index (κ3) is 4.02. The number of benzene rings is 2. The average molecular weight is 335 g/mol. The van der Waals surface area contributed by atoms with E-state index in [0.717, 1.165) is 0 Å². The maximum Gasteiger partial charge on any atom is 0.255 e. The lowest BCUT2D eigenvalue weighted by Gasteiger charge is -2.07. The fourth-order valence-electron chi connectivity index (χ4n) is 1.51. The third-order valence-electron chi connectivity index (χ3n) is 2.25. The summed E-state index contributed by atoms with van der Waals surface area (Å²) in [5.74, 6) is -0.345. The highest BCUT2D eigenvalue weighted by atomic mass is 35.5. The number of amides is 1. The second-order valence-electron chi connectivity index (χ2n) is 3.77. The van der Waals surface area contributed by atoms with Crippen LogP contribution in [-0.2, 0) is 0 Å². The van der Waals surface area contributed by atoms with E-state index in [2.05, 4.69) is 5.32 Å². The minimum atomic E-state index is -0.345. The van der Waals surface area contributed by atoms with Crippen LogP contribution in [0.4, 0.5) is 5.69 Å². The summed E-state index contributed by atoms with van der Waals surface area (Å²) in [4.78, 5) is 12.0. The Kier molecular flexibility index (Phi) is 4.58. The van der Waals surface area contributed by atoms with E-state index in [1.54, 1.807) is 24.3 Å². The van der Waals surface area contributed by atoms with Crippen LogP contribution in [0, 0.1) is 0 Å². The Hall–Kier alpha value is -0.930. The second kappa shape index (κ2) is 6.02. The molecular formula is C13H7Cl4NO. The molecule has 0 aromatic heterocycles. The van der Waals surface area contributed by atoms with Crippen molar-refractivity contribution in [3.63, 3.8) is 0 Å². The Morgan fingerprint density at radius 3 is 1.63 bits per heavy atom. The third-order valence-corrected chi connectivity index (χ3v) is 3.12. The molecule has 6 heteroatoms. The maximum absolute atomic E-state index is 12.0. The van der Waals surface area contributed by atoms with E-state index >= 15 is 0 Å². The zero-order valence-electron chi connectivity index (χ0n) is 9.38. The Labute approximate surface area is 130 Å². The van der Waals surface area contributed by atoms with Gasteiger partial charge in [-0.1, -0.05) is 46.4 Å². The van der Waals surface area contributed by atoms with Gasteiger partial charge in [0.1, 0.15) is 0 Å². The zero-order valence-corrected chi connectivity index (χ0v) is 12.4. The van der Waals surface area contributed by atoms with Gasteiger partial charge in [0.05, 0.1) is 0 Å². The predicted molar refractivity (Wildman–Crippen MR) is 80.9 cm³/mol. The number of hydrogen-bond acceptors (Lipinski definition) is 1.